The largest absolute Gasteiger partial charge is 0.493 e. The van der Waals surface area contributed by atoms with Crippen LogP contribution >= 0.6 is 0 Å². The lowest BCUT2D eigenvalue weighted by Crippen LogP contribution is -2.45. The summed E-state index contributed by atoms with van der Waals surface area (Å²) in [6.07, 6.45) is 3.05. The van der Waals surface area contributed by atoms with Crippen molar-refractivity contribution in [2.75, 3.05) is 13.2 Å². The number of nitrogens with two attached hydrogens (primary N) is 1. The summed E-state index contributed by atoms with van der Waals surface area (Å²) in [4.78, 5) is 11.6. The lowest BCUT2D eigenvalue weighted by molar-refractivity contribution is -0.139. The Bertz CT molecular complexity index is 854. The van der Waals surface area contributed by atoms with Gasteiger partial charge in [0.25, 0.3) is 0 Å². The zero-order valence-electron chi connectivity index (χ0n) is 18.0. The highest BCUT2D eigenvalue weighted by Crippen LogP contribution is 2.38. The van der Waals surface area contributed by atoms with Gasteiger partial charge in [0, 0.05) is 12.1 Å². The van der Waals surface area contributed by atoms with Gasteiger partial charge in [-0.15, -0.1) is 0 Å². The maximum absolute atomic E-state index is 13.7. The van der Waals surface area contributed by atoms with Crippen molar-refractivity contribution in [1.82, 2.24) is 10.4 Å². The standard InChI is InChI=1S/C22H30F3N5O2/c23-22(24,25)16-13-15(8-9-18(16)31-12-10-14-5-2-1-3-6-14)19-28-20(32-29-19)17-7-4-11-30(17)21(26)27/h8-9,13-14,17,20H,1-7,10-12H2,(H3,26,27)(H,28,29). The van der Waals surface area contributed by atoms with E-state index >= 15 is 0 Å². The lowest BCUT2D eigenvalue weighted by Gasteiger charge is -2.26. The van der Waals surface area contributed by atoms with E-state index in [9.17, 15) is 13.2 Å². The molecular formula is C22H30F3N5O2. The first kappa shape index (κ1) is 22.7. The van der Waals surface area contributed by atoms with Crippen molar-refractivity contribution < 1.29 is 22.7 Å². The van der Waals surface area contributed by atoms with Crippen LogP contribution in [-0.4, -0.2) is 42.1 Å². The molecule has 1 aromatic carbocycles. The van der Waals surface area contributed by atoms with Gasteiger partial charge in [-0.05, 0) is 43.4 Å². The van der Waals surface area contributed by atoms with Gasteiger partial charge in [-0.1, -0.05) is 32.1 Å². The summed E-state index contributed by atoms with van der Waals surface area (Å²) in [7, 11) is 0. The van der Waals surface area contributed by atoms with Crippen LogP contribution in [0.25, 0.3) is 0 Å². The van der Waals surface area contributed by atoms with Gasteiger partial charge < -0.3 is 15.4 Å². The van der Waals surface area contributed by atoms with Crippen molar-refractivity contribution in [2.24, 2.45) is 16.6 Å². The number of rotatable bonds is 6. The summed E-state index contributed by atoms with van der Waals surface area (Å²) in [6.45, 7) is 0.913. The summed E-state index contributed by atoms with van der Waals surface area (Å²) in [5, 5.41) is 7.68. The van der Waals surface area contributed by atoms with Crippen LogP contribution in [0, 0.1) is 11.3 Å². The van der Waals surface area contributed by atoms with E-state index < -0.39 is 18.0 Å². The van der Waals surface area contributed by atoms with Crippen molar-refractivity contribution in [1.29, 1.82) is 5.41 Å². The van der Waals surface area contributed by atoms with E-state index in [4.69, 9.17) is 20.7 Å². The van der Waals surface area contributed by atoms with Crippen molar-refractivity contribution in [3.05, 3.63) is 29.3 Å². The van der Waals surface area contributed by atoms with Crippen LogP contribution < -0.4 is 16.0 Å². The van der Waals surface area contributed by atoms with Gasteiger partial charge in [0.05, 0.1) is 18.2 Å². The van der Waals surface area contributed by atoms with Crippen molar-refractivity contribution in [3.63, 3.8) is 0 Å². The fourth-order valence-electron chi connectivity index (χ4n) is 4.82. The second kappa shape index (κ2) is 9.56. The molecule has 0 radical (unpaired) electrons. The third-order valence-electron chi connectivity index (χ3n) is 6.54. The fourth-order valence-corrected chi connectivity index (χ4v) is 4.82. The highest BCUT2D eigenvalue weighted by atomic mass is 19.4. The molecule has 4 N–H and O–H groups in total. The van der Waals surface area contributed by atoms with Crippen LogP contribution in [0.3, 0.4) is 0 Å². The van der Waals surface area contributed by atoms with E-state index in [2.05, 4.69) is 10.5 Å². The Kier molecular flexibility index (Phi) is 6.78. The van der Waals surface area contributed by atoms with Crippen LogP contribution in [0.15, 0.2) is 23.2 Å². The zero-order chi connectivity index (χ0) is 22.7. The van der Waals surface area contributed by atoms with Crippen LogP contribution in [0.2, 0.25) is 0 Å². The fraction of sp³-hybridized carbons (Fsp3) is 0.636. The molecule has 0 bridgehead atoms. The number of ether oxygens (including phenoxy) is 1. The molecule has 3 aliphatic rings. The minimum atomic E-state index is -4.55. The number of likely N-dealkylation sites (tertiary alicyclic amines) is 1. The molecule has 2 heterocycles. The minimum Gasteiger partial charge on any atom is -0.493 e. The number of hydrogen-bond acceptors (Lipinski definition) is 5. The SMILES string of the molecule is N=C(N)N1CCCC1C1N=C(c2ccc(OCCC3CCCCC3)c(C(F)(F)F)c2)NO1. The van der Waals surface area contributed by atoms with E-state index in [1.807, 2.05) is 0 Å². The van der Waals surface area contributed by atoms with Gasteiger partial charge in [-0.25, -0.2) is 15.3 Å². The molecule has 1 saturated carbocycles. The van der Waals surface area contributed by atoms with Gasteiger partial charge in [0.15, 0.2) is 18.0 Å². The van der Waals surface area contributed by atoms with Gasteiger partial charge in [0.2, 0.25) is 0 Å². The average Bonchev–Trinajstić information content (AvgIpc) is 3.43. The van der Waals surface area contributed by atoms with E-state index in [0.29, 0.717) is 12.5 Å². The average molecular weight is 454 g/mol. The van der Waals surface area contributed by atoms with Gasteiger partial charge in [0.1, 0.15) is 5.75 Å². The van der Waals surface area contributed by atoms with E-state index in [0.717, 1.165) is 38.2 Å². The Morgan fingerprint density at radius 2 is 2.00 bits per heavy atom. The summed E-state index contributed by atoms with van der Waals surface area (Å²) >= 11 is 0. The van der Waals surface area contributed by atoms with Crippen molar-refractivity contribution in [3.8, 4) is 5.75 Å². The molecular weight excluding hydrogens is 423 g/mol. The molecule has 7 nitrogen and oxygen atoms in total. The number of nitrogens with zero attached hydrogens (tertiary/aromatic N) is 2. The summed E-state index contributed by atoms with van der Waals surface area (Å²) in [5.41, 5.74) is 7.72. The molecule has 0 spiro atoms. The normalized spacial score (nSPS) is 24.3. The number of nitrogens with one attached hydrogen (secondary N) is 2. The molecule has 0 amide bonds. The van der Waals surface area contributed by atoms with Crippen LogP contribution in [-0.2, 0) is 11.0 Å². The van der Waals surface area contributed by atoms with Crippen LogP contribution in [0.4, 0.5) is 13.2 Å². The quantitative estimate of drug-likeness (QED) is 0.447. The second-order valence-corrected chi connectivity index (χ2v) is 8.73. The highest BCUT2D eigenvalue weighted by Gasteiger charge is 2.38. The van der Waals surface area contributed by atoms with Crippen LogP contribution in [0.5, 0.6) is 5.75 Å². The molecule has 2 atom stereocenters. The topological polar surface area (TPSA) is 96.0 Å². The third kappa shape index (κ3) is 5.11. The maximum Gasteiger partial charge on any atom is 0.419 e. The first-order chi connectivity index (χ1) is 15.3. The number of amidine groups is 1. The molecule has 1 aliphatic carbocycles. The number of hydroxylamine groups is 1. The number of aliphatic imine (C=N–C) groups is 1. The van der Waals surface area contributed by atoms with Crippen molar-refractivity contribution in [2.45, 2.75) is 69.8 Å². The smallest absolute Gasteiger partial charge is 0.419 e. The molecule has 2 unspecified atom stereocenters. The summed E-state index contributed by atoms with van der Waals surface area (Å²) in [5.74, 6) is 0.541. The minimum absolute atomic E-state index is 0.0613. The van der Waals surface area contributed by atoms with Gasteiger partial charge >= 0.3 is 6.18 Å². The predicted molar refractivity (Wildman–Crippen MR) is 114 cm³/mol. The zero-order valence-corrected chi connectivity index (χ0v) is 18.0. The Balaban J connectivity index is 1.47. The Labute approximate surface area is 185 Å². The predicted octanol–water partition coefficient (Wildman–Crippen LogP) is 4.02. The van der Waals surface area contributed by atoms with Crippen molar-refractivity contribution >= 4 is 11.8 Å². The van der Waals surface area contributed by atoms with E-state index in [-0.39, 0.29) is 35.8 Å². The number of alkyl halides is 3. The highest BCUT2D eigenvalue weighted by molar-refractivity contribution is 5.99. The molecule has 10 heteroatoms. The number of hydrogen-bond donors (Lipinski definition) is 3. The first-order valence-electron chi connectivity index (χ1n) is 11.3. The molecule has 2 fully saturated rings. The van der Waals surface area contributed by atoms with E-state index in [1.165, 1.54) is 25.3 Å². The number of guanidine groups is 1. The van der Waals surface area contributed by atoms with Crippen LogP contribution in [0.1, 0.15) is 62.5 Å². The molecule has 0 aromatic heterocycles. The molecule has 1 aromatic rings. The number of benzene rings is 1. The Hall–Kier alpha value is -2.49. The molecule has 1 saturated heterocycles. The monoisotopic (exact) mass is 453 g/mol. The molecule has 4 rings (SSSR count). The second-order valence-electron chi connectivity index (χ2n) is 8.73. The summed E-state index contributed by atoms with van der Waals surface area (Å²) in [6, 6.07) is 3.74. The molecule has 2 aliphatic heterocycles. The molecule has 32 heavy (non-hydrogen) atoms. The van der Waals surface area contributed by atoms with E-state index in [1.54, 1.807) is 11.0 Å². The van der Waals surface area contributed by atoms with Gasteiger partial charge in [-0.3, -0.25) is 5.41 Å². The number of halogens is 3. The molecule has 176 valence electrons. The summed E-state index contributed by atoms with van der Waals surface area (Å²) < 4.78 is 46.8. The maximum atomic E-state index is 13.7. The Morgan fingerprint density at radius 1 is 1.22 bits per heavy atom. The first-order valence-corrected chi connectivity index (χ1v) is 11.3. The Morgan fingerprint density at radius 3 is 2.72 bits per heavy atom. The van der Waals surface area contributed by atoms with Gasteiger partial charge in [-0.2, -0.15) is 13.2 Å². The lowest BCUT2D eigenvalue weighted by atomic mass is 9.87. The third-order valence-corrected chi connectivity index (χ3v) is 6.54.